The van der Waals surface area contributed by atoms with E-state index in [0.717, 1.165) is 51.1 Å². The highest BCUT2D eigenvalue weighted by Crippen LogP contribution is 2.27. The van der Waals surface area contributed by atoms with E-state index in [0.29, 0.717) is 17.6 Å². The Labute approximate surface area is 149 Å². The standard InChI is InChI=1S/C19H26N4O2/c1-2-9-20-19(25)15-7-8-18(21-12-15)23-11-4-5-16(23)13-22-10-3-6-17(22)14-24/h1,7-8,12,16-17,24H,3-6,9-11,13-14H2,(H,20,25). The third-order valence-corrected chi connectivity index (χ3v) is 5.19. The first-order valence-corrected chi connectivity index (χ1v) is 9.02. The summed E-state index contributed by atoms with van der Waals surface area (Å²) in [4.78, 5) is 21.1. The fraction of sp³-hybridized carbons (Fsp3) is 0.579. The number of aliphatic hydroxyl groups excluding tert-OH is 1. The van der Waals surface area contributed by atoms with Crippen LogP contribution in [-0.4, -0.2) is 65.8 Å². The number of amides is 1. The molecule has 6 nitrogen and oxygen atoms in total. The smallest absolute Gasteiger partial charge is 0.253 e. The van der Waals surface area contributed by atoms with E-state index in [1.165, 1.54) is 0 Å². The van der Waals surface area contributed by atoms with Gasteiger partial charge in [0.25, 0.3) is 5.91 Å². The number of aliphatic hydroxyl groups is 1. The summed E-state index contributed by atoms with van der Waals surface area (Å²) in [6.45, 7) is 3.48. The largest absolute Gasteiger partial charge is 0.395 e. The van der Waals surface area contributed by atoms with Gasteiger partial charge in [-0.05, 0) is 44.4 Å². The monoisotopic (exact) mass is 342 g/mol. The molecule has 1 amide bonds. The van der Waals surface area contributed by atoms with Gasteiger partial charge in [0.15, 0.2) is 0 Å². The van der Waals surface area contributed by atoms with Crippen LogP contribution in [0.15, 0.2) is 18.3 Å². The lowest BCUT2D eigenvalue weighted by Crippen LogP contribution is -2.43. The minimum absolute atomic E-state index is 0.196. The molecule has 6 heteroatoms. The second-order valence-corrected chi connectivity index (χ2v) is 6.75. The second kappa shape index (κ2) is 8.32. The number of aromatic nitrogens is 1. The Bertz CT molecular complexity index is 625. The molecule has 1 aromatic rings. The fourth-order valence-corrected chi connectivity index (χ4v) is 3.86. The maximum Gasteiger partial charge on any atom is 0.253 e. The normalized spacial score (nSPS) is 23.6. The minimum atomic E-state index is -0.196. The topological polar surface area (TPSA) is 68.7 Å². The van der Waals surface area contributed by atoms with Gasteiger partial charge in [-0.2, -0.15) is 0 Å². The summed E-state index contributed by atoms with van der Waals surface area (Å²) in [7, 11) is 0. The van der Waals surface area contributed by atoms with Crippen molar-refractivity contribution < 1.29 is 9.90 Å². The summed E-state index contributed by atoms with van der Waals surface area (Å²) in [5.74, 6) is 3.11. The van der Waals surface area contributed by atoms with Crippen molar-refractivity contribution in [3.8, 4) is 12.3 Å². The minimum Gasteiger partial charge on any atom is -0.395 e. The number of hydrogen-bond donors (Lipinski definition) is 2. The number of terminal acetylenes is 1. The first-order valence-electron chi connectivity index (χ1n) is 9.02. The van der Waals surface area contributed by atoms with Crippen molar-refractivity contribution >= 4 is 11.7 Å². The Kier molecular flexibility index (Phi) is 5.90. The molecule has 2 aliphatic rings. The maximum absolute atomic E-state index is 11.9. The molecule has 0 bridgehead atoms. The summed E-state index contributed by atoms with van der Waals surface area (Å²) in [6.07, 6.45) is 11.3. The van der Waals surface area contributed by atoms with Crippen molar-refractivity contribution in [1.29, 1.82) is 0 Å². The van der Waals surface area contributed by atoms with E-state index in [9.17, 15) is 9.90 Å². The third kappa shape index (κ3) is 4.12. The van der Waals surface area contributed by atoms with Crippen LogP contribution in [0, 0.1) is 12.3 Å². The molecule has 1 aromatic heterocycles. The highest BCUT2D eigenvalue weighted by Gasteiger charge is 2.31. The molecule has 3 rings (SSSR count). The number of nitrogens with one attached hydrogen (secondary N) is 1. The van der Waals surface area contributed by atoms with Gasteiger partial charge in [-0.25, -0.2) is 4.98 Å². The SMILES string of the molecule is C#CCNC(=O)c1ccc(N2CCCC2CN2CCCC2CO)nc1. The molecule has 2 unspecified atom stereocenters. The summed E-state index contributed by atoms with van der Waals surface area (Å²) in [5.41, 5.74) is 0.523. The van der Waals surface area contributed by atoms with Gasteiger partial charge in [0.2, 0.25) is 0 Å². The zero-order valence-electron chi connectivity index (χ0n) is 14.5. The van der Waals surface area contributed by atoms with Crippen molar-refractivity contribution in [2.24, 2.45) is 0 Å². The van der Waals surface area contributed by atoms with E-state index in [-0.39, 0.29) is 19.1 Å². The molecule has 0 aromatic carbocycles. The van der Waals surface area contributed by atoms with Gasteiger partial charge in [0.05, 0.1) is 18.7 Å². The van der Waals surface area contributed by atoms with Gasteiger partial charge in [-0.1, -0.05) is 5.92 Å². The van der Waals surface area contributed by atoms with Crippen LogP contribution in [0.1, 0.15) is 36.0 Å². The molecule has 2 atom stereocenters. The predicted octanol–water partition coefficient (Wildman–Crippen LogP) is 0.870. The first-order chi connectivity index (χ1) is 12.2. The van der Waals surface area contributed by atoms with Crippen molar-refractivity contribution in [2.45, 2.75) is 37.8 Å². The Balaban J connectivity index is 1.64. The number of rotatable bonds is 6. The molecule has 0 aliphatic carbocycles. The molecule has 2 aliphatic heterocycles. The van der Waals surface area contributed by atoms with Crippen molar-refractivity contribution in [1.82, 2.24) is 15.2 Å². The summed E-state index contributed by atoms with van der Waals surface area (Å²) in [5, 5.41) is 12.2. The van der Waals surface area contributed by atoms with Gasteiger partial charge in [0, 0.05) is 31.4 Å². The lowest BCUT2D eigenvalue weighted by molar-refractivity contribution is 0.0958. The summed E-state index contributed by atoms with van der Waals surface area (Å²) in [6, 6.07) is 4.44. The number of nitrogens with zero attached hydrogens (tertiary/aromatic N) is 3. The number of likely N-dealkylation sites (tertiary alicyclic amines) is 1. The van der Waals surface area contributed by atoms with Crippen LogP contribution in [0.4, 0.5) is 5.82 Å². The van der Waals surface area contributed by atoms with Crippen molar-refractivity contribution in [3.05, 3.63) is 23.9 Å². The number of carbonyl (C=O) groups excluding carboxylic acids is 1. The van der Waals surface area contributed by atoms with E-state index in [4.69, 9.17) is 6.42 Å². The summed E-state index contributed by atoms with van der Waals surface area (Å²) >= 11 is 0. The molecule has 134 valence electrons. The average Bonchev–Trinajstić information content (AvgIpc) is 3.29. The predicted molar refractivity (Wildman–Crippen MR) is 97.5 cm³/mol. The molecule has 3 heterocycles. The molecule has 0 radical (unpaired) electrons. The number of hydrogen-bond acceptors (Lipinski definition) is 5. The molecule has 2 fully saturated rings. The van der Waals surface area contributed by atoms with E-state index in [2.05, 4.69) is 26.0 Å². The number of pyridine rings is 1. The van der Waals surface area contributed by atoms with Gasteiger partial charge < -0.3 is 15.3 Å². The maximum atomic E-state index is 11.9. The lowest BCUT2D eigenvalue weighted by Gasteiger charge is -2.32. The van der Waals surface area contributed by atoms with E-state index in [1.807, 2.05) is 6.07 Å². The summed E-state index contributed by atoms with van der Waals surface area (Å²) < 4.78 is 0. The Morgan fingerprint density at radius 3 is 2.84 bits per heavy atom. The van der Waals surface area contributed by atoms with Crippen molar-refractivity contribution in [3.63, 3.8) is 0 Å². The van der Waals surface area contributed by atoms with Gasteiger partial charge in [-0.3, -0.25) is 9.69 Å². The Morgan fingerprint density at radius 2 is 2.12 bits per heavy atom. The zero-order chi connectivity index (χ0) is 17.6. The van der Waals surface area contributed by atoms with Gasteiger partial charge in [0.1, 0.15) is 5.82 Å². The molecular formula is C19H26N4O2. The van der Waals surface area contributed by atoms with Crippen LogP contribution in [0.25, 0.3) is 0 Å². The van der Waals surface area contributed by atoms with E-state index >= 15 is 0 Å². The average molecular weight is 342 g/mol. The fourth-order valence-electron chi connectivity index (χ4n) is 3.86. The van der Waals surface area contributed by atoms with Gasteiger partial charge >= 0.3 is 0 Å². The van der Waals surface area contributed by atoms with Gasteiger partial charge in [-0.15, -0.1) is 6.42 Å². The third-order valence-electron chi connectivity index (χ3n) is 5.19. The highest BCUT2D eigenvalue weighted by atomic mass is 16.3. The van der Waals surface area contributed by atoms with Crippen LogP contribution in [0.3, 0.4) is 0 Å². The lowest BCUT2D eigenvalue weighted by atomic mass is 10.1. The van der Waals surface area contributed by atoms with Crippen LogP contribution < -0.4 is 10.2 Å². The number of carbonyl (C=O) groups is 1. The highest BCUT2D eigenvalue weighted by molar-refractivity contribution is 5.94. The van der Waals surface area contributed by atoms with E-state index < -0.39 is 0 Å². The molecular weight excluding hydrogens is 316 g/mol. The molecule has 0 spiro atoms. The van der Waals surface area contributed by atoms with Crippen LogP contribution >= 0.6 is 0 Å². The zero-order valence-corrected chi connectivity index (χ0v) is 14.5. The van der Waals surface area contributed by atoms with Crippen LogP contribution in [0.2, 0.25) is 0 Å². The second-order valence-electron chi connectivity index (χ2n) is 6.75. The number of anilines is 1. The van der Waals surface area contributed by atoms with Crippen LogP contribution in [0.5, 0.6) is 0 Å². The molecule has 2 saturated heterocycles. The molecule has 0 saturated carbocycles. The Morgan fingerprint density at radius 1 is 1.32 bits per heavy atom. The first kappa shape index (κ1) is 17.7. The molecule has 25 heavy (non-hydrogen) atoms. The van der Waals surface area contributed by atoms with Crippen molar-refractivity contribution in [2.75, 3.05) is 37.7 Å². The van der Waals surface area contributed by atoms with E-state index in [1.54, 1.807) is 12.3 Å². The van der Waals surface area contributed by atoms with Crippen LogP contribution in [-0.2, 0) is 0 Å². The molecule has 2 N–H and O–H groups in total. The Hall–Kier alpha value is -2.10. The quantitative estimate of drug-likeness (QED) is 0.751.